The zero-order valence-corrected chi connectivity index (χ0v) is 18.8. The number of sulfone groups is 1. The smallest absolute Gasteiger partial charge is 0.182 e. The van der Waals surface area contributed by atoms with Crippen LogP contribution in [-0.4, -0.2) is 43.2 Å². The van der Waals surface area contributed by atoms with Gasteiger partial charge in [0, 0.05) is 12.3 Å². The number of ether oxygens (including phenoxy) is 1. The summed E-state index contributed by atoms with van der Waals surface area (Å²) in [7, 11) is -3.40. The highest BCUT2D eigenvalue weighted by atomic mass is 32.2. The maximum absolute atomic E-state index is 12.8. The topological polar surface area (TPSA) is 83.8 Å². The third-order valence-electron chi connectivity index (χ3n) is 6.52. The lowest BCUT2D eigenvalue weighted by Gasteiger charge is -2.18. The zero-order chi connectivity index (χ0) is 22.6. The summed E-state index contributed by atoms with van der Waals surface area (Å²) in [6.07, 6.45) is 6.27. The molecule has 0 bridgehead atoms. The summed E-state index contributed by atoms with van der Waals surface area (Å²) in [4.78, 5) is 0.334. The van der Waals surface area contributed by atoms with Crippen molar-refractivity contribution in [2.75, 3.05) is 12.4 Å². The summed E-state index contributed by atoms with van der Waals surface area (Å²) < 4.78 is 31.2. The molecule has 1 saturated carbocycles. The van der Waals surface area contributed by atoms with Gasteiger partial charge in [0.2, 0.25) is 0 Å². The number of aliphatic hydroxyl groups is 2. The Labute approximate surface area is 190 Å². The first-order valence-corrected chi connectivity index (χ1v) is 12.8. The van der Waals surface area contributed by atoms with Gasteiger partial charge in [-0.15, -0.1) is 0 Å². The molecule has 2 aliphatic carbocycles. The number of hydrogen-bond donors (Lipinski definition) is 2. The average Bonchev–Trinajstić information content (AvgIpc) is 3.31. The molecular weight excluding hydrogens is 424 g/mol. The highest BCUT2D eigenvalue weighted by Crippen LogP contribution is 2.49. The van der Waals surface area contributed by atoms with Crippen LogP contribution >= 0.6 is 0 Å². The fourth-order valence-corrected chi connectivity index (χ4v) is 6.38. The summed E-state index contributed by atoms with van der Waals surface area (Å²) in [6, 6.07) is 18.0. The molecule has 32 heavy (non-hydrogen) atoms. The number of benzene rings is 2. The number of hydrogen-bond acceptors (Lipinski definition) is 5. The Balaban J connectivity index is 1.32. The number of rotatable bonds is 9. The SMILES string of the molecule is O=S(=O)(CC1=CC[C@@H]2[C@H](/C=C/[C@@H](O)CCOc3ccccc3)[C@H](O)C[C@H]12)c1ccccc1. The third-order valence-corrected chi connectivity index (χ3v) is 8.22. The van der Waals surface area contributed by atoms with Gasteiger partial charge < -0.3 is 14.9 Å². The van der Waals surface area contributed by atoms with Gasteiger partial charge in [0.1, 0.15) is 5.75 Å². The lowest BCUT2D eigenvalue weighted by atomic mass is 9.88. The van der Waals surface area contributed by atoms with Gasteiger partial charge in [0.15, 0.2) is 9.84 Å². The monoisotopic (exact) mass is 454 g/mol. The van der Waals surface area contributed by atoms with Crippen LogP contribution in [0.4, 0.5) is 0 Å². The van der Waals surface area contributed by atoms with Gasteiger partial charge in [0.25, 0.3) is 0 Å². The maximum atomic E-state index is 12.8. The third kappa shape index (κ3) is 5.31. The highest BCUT2D eigenvalue weighted by Gasteiger charge is 2.45. The Kier molecular flexibility index (Phi) is 7.13. The van der Waals surface area contributed by atoms with Crippen molar-refractivity contribution >= 4 is 9.84 Å². The molecule has 2 aromatic rings. The Morgan fingerprint density at radius 1 is 1.06 bits per heavy atom. The van der Waals surface area contributed by atoms with Crippen LogP contribution in [-0.2, 0) is 9.84 Å². The first-order chi connectivity index (χ1) is 15.4. The van der Waals surface area contributed by atoms with Gasteiger partial charge in [-0.05, 0) is 48.9 Å². The molecule has 1 fully saturated rings. The molecule has 170 valence electrons. The van der Waals surface area contributed by atoms with E-state index in [2.05, 4.69) is 0 Å². The van der Waals surface area contributed by atoms with Gasteiger partial charge >= 0.3 is 0 Å². The van der Waals surface area contributed by atoms with Crippen molar-refractivity contribution in [1.82, 2.24) is 0 Å². The van der Waals surface area contributed by atoms with Gasteiger partial charge in [-0.2, -0.15) is 0 Å². The van der Waals surface area contributed by atoms with Crippen LogP contribution in [0, 0.1) is 17.8 Å². The van der Waals surface area contributed by atoms with E-state index in [1.54, 1.807) is 36.4 Å². The van der Waals surface area contributed by atoms with E-state index in [0.29, 0.717) is 24.3 Å². The molecule has 0 saturated heterocycles. The van der Waals surface area contributed by atoms with E-state index >= 15 is 0 Å². The summed E-state index contributed by atoms with van der Waals surface area (Å²) in [5.41, 5.74) is 0.908. The first-order valence-electron chi connectivity index (χ1n) is 11.1. The zero-order valence-electron chi connectivity index (χ0n) is 18.0. The van der Waals surface area contributed by atoms with E-state index in [9.17, 15) is 18.6 Å². The van der Waals surface area contributed by atoms with Crippen molar-refractivity contribution in [3.63, 3.8) is 0 Å². The van der Waals surface area contributed by atoms with Crippen molar-refractivity contribution in [3.8, 4) is 5.75 Å². The normalized spacial score (nSPS) is 26.1. The number of allylic oxidation sites excluding steroid dienone is 1. The van der Waals surface area contributed by atoms with E-state index in [4.69, 9.17) is 4.74 Å². The molecule has 6 heteroatoms. The first kappa shape index (κ1) is 22.8. The molecule has 0 radical (unpaired) electrons. The molecule has 5 nitrogen and oxygen atoms in total. The summed E-state index contributed by atoms with van der Waals surface area (Å²) in [6.45, 7) is 0.401. The van der Waals surface area contributed by atoms with Gasteiger partial charge in [-0.1, -0.05) is 60.2 Å². The van der Waals surface area contributed by atoms with Crippen molar-refractivity contribution < 1.29 is 23.4 Å². The largest absolute Gasteiger partial charge is 0.493 e. The van der Waals surface area contributed by atoms with E-state index in [1.807, 2.05) is 42.5 Å². The Hall–Kier alpha value is -2.41. The summed E-state index contributed by atoms with van der Waals surface area (Å²) in [5.74, 6) is 0.929. The fourth-order valence-electron chi connectivity index (χ4n) is 4.87. The number of para-hydroxylation sites is 1. The van der Waals surface area contributed by atoms with Gasteiger partial charge in [-0.3, -0.25) is 0 Å². The van der Waals surface area contributed by atoms with Crippen LogP contribution in [0.2, 0.25) is 0 Å². The summed E-state index contributed by atoms with van der Waals surface area (Å²) in [5, 5.41) is 20.9. The Morgan fingerprint density at radius 3 is 2.47 bits per heavy atom. The van der Waals surface area contributed by atoms with Crippen LogP contribution in [0.15, 0.2) is 89.4 Å². The highest BCUT2D eigenvalue weighted by molar-refractivity contribution is 7.91. The fraction of sp³-hybridized carbons (Fsp3) is 0.385. The minimum atomic E-state index is -3.40. The molecule has 2 aromatic carbocycles. The number of fused-ring (bicyclic) bond motifs is 1. The van der Waals surface area contributed by atoms with Crippen LogP contribution in [0.25, 0.3) is 0 Å². The number of aliphatic hydroxyl groups excluding tert-OH is 2. The van der Waals surface area contributed by atoms with Crippen molar-refractivity contribution in [2.24, 2.45) is 17.8 Å². The van der Waals surface area contributed by atoms with E-state index < -0.39 is 22.0 Å². The molecule has 0 heterocycles. The van der Waals surface area contributed by atoms with Crippen molar-refractivity contribution in [1.29, 1.82) is 0 Å². The lowest BCUT2D eigenvalue weighted by molar-refractivity contribution is 0.139. The van der Waals surface area contributed by atoms with Crippen LogP contribution in [0.3, 0.4) is 0 Å². The molecule has 0 unspecified atom stereocenters. The van der Waals surface area contributed by atoms with Crippen LogP contribution < -0.4 is 4.74 Å². The average molecular weight is 455 g/mol. The lowest BCUT2D eigenvalue weighted by Crippen LogP contribution is -2.18. The van der Waals surface area contributed by atoms with Gasteiger partial charge in [0.05, 0.1) is 29.5 Å². The van der Waals surface area contributed by atoms with Crippen molar-refractivity contribution in [3.05, 3.63) is 84.5 Å². The van der Waals surface area contributed by atoms with Crippen molar-refractivity contribution in [2.45, 2.75) is 36.4 Å². The molecule has 0 aliphatic heterocycles. The van der Waals surface area contributed by atoms with Crippen LogP contribution in [0.1, 0.15) is 19.3 Å². The second kappa shape index (κ2) is 10.0. The van der Waals surface area contributed by atoms with E-state index in [-0.39, 0.29) is 23.5 Å². The van der Waals surface area contributed by atoms with Gasteiger partial charge in [-0.25, -0.2) is 8.42 Å². The molecule has 0 amide bonds. The molecule has 4 rings (SSSR count). The Bertz CT molecular complexity index is 1050. The Morgan fingerprint density at radius 2 is 1.75 bits per heavy atom. The predicted molar refractivity (Wildman–Crippen MR) is 124 cm³/mol. The minimum Gasteiger partial charge on any atom is -0.493 e. The molecule has 2 N–H and O–H groups in total. The second-order valence-corrected chi connectivity index (χ2v) is 10.6. The van der Waals surface area contributed by atoms with E-state index in [0.717, 1.165) is 17.7 Å². The second-order valence-electron chi connectivity index (χ2n) is 8.64. The predicted octanol–water partition coefficient (Wildman–Crippen LogP) is 3.79. The molecular formula is C26H30O5S. The quantitative estimate of drug-likeness (QED) is 0.563. The maximum Gasteiger partial charge on any atom is 0.182 e. The molecule has 0 aromatic heterocycles. The minimum absolute atomic E-state index is 0.000778. The standard InChI is InChI=1S/C26H30O5S/c27-20(15-16-31-21-7-3-1-4-8-21)12-14-24-23-13-11-19(25(23)17-26(24)28)18-32(29,30)22-9-5-2-6-10-22/h1-12,14,20,23-28H,13,15-18H2/b14-12+/t20-,23-,24+,25-,26-/m1/s1. The molecule has 0 spiro atoms. The van der Waals surface area contributed by atoms with Crippen LogP contribution in [0.5, 0.6) is 5.75 Å². The van der Waals surface area contributed by atoms with E-state index in [1.165, 1.54) is 0 Å². The molecule has 5 atom stereocenters. The molecule has 2 aliphatic rings. The summed E-state index contributed by atoms with van der Waals surface area (Å²) >= 11 is 0.